The van der Waals surface area contributed by atoms with Crippen LogP contribution in [0.2, 0.25) is 5.02 Å². The van der Waals surface area contributed by atoms with Gasteiger partial charge >= 0.3 is 11.9 Å². The number of likely N-dealkylation sites (N-methyl/N-ethyl adjacent to an activating group) is 1. The quantitative estimate of drug-likeness (QED) is 0.0449. The van der Waals surface area contributed by atoms with Crippen LogP contribution in [0.15, 0.2) is 48.1 Å². The molecule has 2 saturated heterocycles. The minimum absolute atomic E-state index is 0.0311. The van der Waals surface area contributed by atoms with Gasteiger partial charge in [-0.25, -0.2) is 4.79 Å². The number of imide groups is 1. The summed E-state index contributed by atoms with van der Waals surface area (Å²) in [4.78, 5) is 94.6. The molecule has 8 atom stereocenters. The average Bonchev–Trinajstić information content (AvgIpc) is 3.96. The number of rotatable bonds is 23. The molecular formula is C53H75ClN4O15S2. The van der Waals surface area contributed by atoms with Gasteiger partial charge in [0.2, 0.25) is 17.7 Å². The smallest absolute Gasteiger partial charge is 0.328 e. The number of allylic oxidation sites excluding steroid dienone is 3. The van der Waals surface area contributed by atoms with Gasteiger partial charge in [-0.2, -0.15) is 0 Å². The van der Waals surface area contributed by atoms with Crippen LogP contribution in [0.4, 0.5) is 5.69 Å². The van der Waals surface area contributed by atoms with E-state index in [2.05, 4.69) is 5.32 Å². The fraction of sp³-hybridized carbons (Fsp3) is 0.642. The van der Waals surface area contributed by atoms with Crippen LogP contribution in [0, 0.1) is 5.92 Å². The van der Waals surface area contributed by atoms with E-state index in [1.807, 2.05) is 33.8 Å². The highest BCUT2D eigenvalue weighted by atomic mass is 35.5. The predicted molar refractivity (Wildman–Crippen MR) is 285 cm³/mol. The van der Waals surface area contributed by atoms with Crippen molar-refractivity contribution >= 4 is 80.4 Å². The van der Waals surface area contributed by atoms with E-state index in [-0.39, 0.29) is 78.8 Å². The summed E-state index contributed by atoms with van der Waals surface area (Å²) in [5.74, 6) is -2.34. The molecule has 1 aromatic carbocycles. The lowest BCUT2D eigenvalue weighted by Gasteiger charge is -2.41. The summed E-state index contributed by atoms with van der Waals surface area (Å²) in [5, 5.41) is 15.0. The Kier molecular flexibility index (Phi) is 22.7. The Balaban J connectivity index is 1.14. The van der Waals surface area contributed by atoms with Crippen LogP contribution in [0.1, 0.15) is 92.1 Å². The normalized spacial score (nSPS) is 26.7. The number of aliphatic hydroxyl groups is 1. The maximum atomic E-state index is 14.4. The minimum Gasteiger partial charge on any atom is -0.495 e. The van der Waals surface area contributed by atoms with Crippen molar-refractivity contribution < 1.29 is 71.8 Å². The molecule has 0 spiro atoms. The second kappa shape index (κ2) is 27.7. The number of benzene rings is 1. The van der Waals surface area contributed by atoms with Crippen molar-refractivity contribution in [3.05, 3.63) is 58.7 Å². The zero-order valence-electron chi connectivity index (χ0n) is 44.8. The molecule has 0 aliphatic carbocycles. The number of fused-ring (bicyclic) bond motifs is 5. The van der Waals surface area contributed by atoms with Crippen molar-refractivity contribution in [3.63, 3.8) is 0 Å². The van der Waals surface area contributed by atoms with Crippen LogP contribution in [-0.2, 0) is 68.4 Å². The Bertz CT molecular complexity index is 2310. The molecular weight excluding hydrogens is 1030 g/mol. The molecule has 416 valence electrons. The van der Waals surface area contributed by atoms with E-state index in [4.69, 9.17) is 44.8 Å². The number of hydrogen-bond donors (Lipinski definition) is 2. The molecule has 4 aliphatic rings. The van der Waals surface area contributed by atoms with Crippen LogP contribution in [0.5, 0.6) is 5.75 Å². The van der Waals surface area contributed by atoms with Gasteiger partial charge in [0.25, 0.3) is 11.8 Å². The molecule has 0 saturated carbocycles. The first kappa shape index (κ1) is 61.4. The minimum atomic E-state index is -1.61. The molecule has 5 rings (SSSR count). The van der Waals surface area contributed by atoms with E-state index in [1.165, 1.54) is 43.2 Å². The average molecular weight is 1110 g/mol. The standard InChI is InChI=1S/C53H75ClN4O15S2/c1-33-13-11-14-40(68-10)53(66)31-39(71-47(64)32-53)34(2)49-52(6,73-49)41(30-46(63)57(8)37-28-36(27-33)29-38(67-9)48(37)54)72-50(65)35(3)56(7)43(60)18-19-51(4,5)75-74-26-12-15-42(59)55-20-22-69-24-25-70-23-21-58-44(61)16-17-45(58)62/h11,13-14,16-17,28-29,34-35,39-41,49,66H,12,15,18-27,30-32H2,1-10H3,(H,55,59)/b14-11+,33-13+/t34-,35+,39+,40-,41+,49+,52+,53-/m1/s1. The fourth-order valence-corrected chi connectivity index (χ4v) is 12.0. The number of halogens is 1. The van der Waals surface area contributed by atoms with Gasteiger partial charge in [-0.3, -0.25) is 33.7 Å². The van der Waals surface area contributed by atoms with E-state index in [0.29, 0.717) is 62.6 Å². The highest BCUT2D eigenvalue weighted by Gasteiger charge is 2.64. The summed E-state index contributed by atoms with van der Waals surface area (Å²) in [5.41, 5.74) is -0.759. The van der Waals surface area contributed by atoms with Gasteiger partial charge in [0.05, 0.1) is 64.7 Å². The molecule has 2 fully saturated rings. The van der Waals surface area contributed by atoms with Gasteiger partial charge in [-0.1, -0.05) is 63.9 Å². The van der Waals surface area contributed by atoms with Crippen LogP contribution >= 0.6 is 33.2 Å². The van der Waals surface area contributed by atoms with E-state index in [0.717, 1.165) is 16.0 Å². The largest absolute Gasteiger partial charge is 0.495 e. The number of esters is 2. The SMILES string of the molecule is COc1cc2cc(c1Cl)N(C)C(=O)C[C@H](OC(=O)[C@H](C)N(C)C(=O)CCC(C)(C)SSCCCC(=O)NCCOCCOCCN1C(=O)C=CC1=O)[C@]1(C)O[C@H]1[C@H](C)[C@@H]1C[C@@](O)(CC(=O)O1)[C@H](OC)/C=C/C=C(\C)C2. The number of carbonyl (C=O) groups is 7. The van der Waals surface area contributed by atoms with Gasteiger partial charge < -0.3 is 53.4 Å². The van der Waals surface area contributed by atoms with E-state index >= 15 is 0 Å². The van der Waals surface area contributed by atoms with Crippen molar-refractivity contribution in [3.8, 4) is 5.75 Å². The predicted octanol–water partition coefficient (Wildman–Crippen LogP) is 5.56. The van der Waals surface area contributed by atoms with Crippen molar-refractivity contribution in [1.82, 2.24) is 15.1 Å². The molecule has 0 unspecified atom stereocenters. The van der Waals surface area contributed by atoms with E-state index in [1.54, 1.807) is 66.8 Å². The second-order valence-electron chi connectivity index (χ2n) is 20.2. The number of methoxy groups -OCH3 is 2. The number of nitrogens with zero attached hydrogens (tertiary/aromatic N) is 3. The number of amides is 5. The van der Waals surface area contributed by atoms with Gasteiger partial charge in [0.15, 0.2) is 0 Å². The fourth-order valence-electron chi connectivity index (χ4n) is 9.07. The summed E-state index contributed by atoms with van der Waals surface area (Å²) < 4.78 is 40.3. The number of hydrogen-bond acceptors (Lipinski definition) is 17. The summed E-state index contributed by atoms with van der Waals surface area (Å²) >= 11 is 6.83. The molecule has 5 amide bonds. The first-order chi connectivity index (χ1) is 35.4. The molecule has 4 heterocycles. The Morgan fingerprint density at radius 3 is 2.43 bits per heavy atom. The van der Waals surface area contributed by atoms with Gasteiger partial charge in [-0.15, -0.1) is 0 Å². The van der Waals surface area contributed by atoms with Crippen LogP contribution < -0.4 is 15.0 Å². The van der Waals surface area contributed by atoms with Crippen LogP contribution in [0.3, 0.4) is 0 Å². The molecule has 1 aromatic rings. The van der Waals surface area contributed by atoms with Gasteiger partial charge in [-0.05, 0) is 71.6 Å². The van der Waals surface area contributed by atoms with E-state index < -0.39 is 65.4 Å². The molecule has 4 aliphatic heterocycles. The van der Waals surface area contributed by atoms with Gasteiger partial charge in [0.1, 0.15) is 46.3 Å². The lowest BCUT2D eigenvalue weighted by molar-refractivity contribution is -0.187. The van der Waals surface area contributed by atoms with Crippen molar-refractivity contribution in [2.75, 3.05) is 78.5 Å². The Morgan fingerprint density at radius 1 is 1.05 bits per heavy atom. The number of nitrogens with one attached hydrogen (secondary N) is 1. The molecule has 19 nitrogen and oxygen atoms in total. The molecule has 22 heteroatoms. The maximum absolute atomic E-state index is 14.4. The summed E-state index contributed by atoms with van der Waals surface area (Å²) in [6.45, 7) is 12.7. The molecule has 0 aromatic heterocycles. The Hall–Kier alpha value is -4.48. The lowest BCUT2D eigenvalue weighted by Crippen LogP contribution is -2.53. The first-order valence-corrected chi connectivity index (χ1v) is 27.9. The summed E-state index contributed by atoms with van der Waals surface area (Å²) in [6.07, 6.45) is 5.76. The third kappa shape index (κ3) is 17.0. The zero-order valence-corrected chi connectivity index (χ0v) is 47.2. The first-order valence-electron chi connectivity index (χ1n) is 25.3. The third-order valence-corrected chi connectivity index (χ3v) is 17.8. The van der Waals surface area contributed by atoms with Crippen molar-refractivity contribution in [1.29, 1.82) is 0 Å². The van der Waals surface area contributed by atoms with Crippen LogP contribution in [-0.4, -0.2) is 176 Å². The van der Waals surface area contributed by atoms with Gasteiger partial charge in [0, 0.05) is 75.6 Å². The highest BCUT2D eigenvalue weighted by molar-refractivity contribution is 8.77. The van der Waals surface area contributed by atoms with Crippen molar-refractivity contribution in [2.24, 2.45) is 5.92 Å². The second-order valence-corrected chi connectivity index (χ2v) is 23.7. The van der Waals surface area contributed by atoms with Crippen molar-refractivity contribution in [2.45, 2.75) is 139 Å². The van der Waals surface area contributed by atoms with Crippen LogP contribution in [0.25, 0.3) is 0 Å². The molecule has 2 N–H and O–H groups in total. The lowest BCUT2D eigenvalue weighted by atomic mass is 9.78. The Labute approximate surface area is 453 Å². The zero-order chi connectivity index (χ0) is 55.3. The number of anilines is 1. The molecule has 4 bridgehead atoms. The van der Waals surface area contributed by atoms with E-state index in [9.17, 15) is 38.7 Å². The third-order valence-electron chi connectivity index (χ3n) is 13.9. The topological polar surface area (TPSA) is 229 Å². The Morgan fingerprint density at radius 2 is 1.75 bits per heavy atom. The molecule has 75 heavy (non-hydrogen) atoms. The number of epoxide rings is 1. The maximum Gasteiger partial charge on any atom is 0.328 e. The summed E-state index contributed by atoms with van der Waals surface area (Å²) in [6, 6.07) is 2.54. The number of ether oxygens (including phenoxy) is 7. The molecule has 0 radical (unpaired) electrons. The summed E-state index contributed by atoms with van der Waals surface area (Å²) in [7, 11) is 9.30. The number of carbonyl (C=O) groups excluding carboxylic acids is 7. The highest BCUT2D eigenvalue weighted by Crippen LogP contribution is 2.50. The monoisotopic (exact) mass is 1110 g/mol.